The predicted molar refractivity (Wildman–Crippen MR) is 87.1 cm³/mol. The fourth-order valence-corrected chi connectivity index (χ4v) is 3.04. The van der Waals surface area contributed by atoms with Gasteiger partial charge in [0.2, 0.25) is 0 Å². The molecule has 1 heterocycles. The van der Waals surface area contributed by atoms with Crippen LogP contribution in [0.15, 0.2) is 28.9 Å². The van der Waals surface area contributed by atoms with Crippen molar-refractivity contribution in [1.82, 2.24) is 4.98 Å². The third kappa shape index (κ3) is 3.70. The van der Waals surface area contributed by atoms with Gasteiger partial charge in [-0.3, -0.25) is 0 Å². The Labute approximate surface area is 131 Å². The standard InChI is InChI=1S/C14H17BrFN3S/c1-3-19(4-2)14-18-9-11(20-14)8-17-10-5-6-12(15)13(16)7-10/h5-7,9,17H,3-4,8H2,1-2H3. The molecule has 0 unspecified atom stereocenters. The molecular formula is C14H17BrFN3S. The lowest BCUT2D eigenvalue weighted by molar-refractivity contribution is 0.621. The minimum absolute atomic E-state index is 0.261. The molecule has 0 aliphatic carbocycles. The maximum Gasteiger partial charge on any atom is 0.185 e. The number of halogens is 2. The summed E-state index contributed by atoms with van der Waals surface area (Å²) in [5.74, 6) is -0.261. The highest BCUT2D eigenvalue weighted by molar-refractivity contribution is 9.10. The fourth-order valence-electron chi connectivity index (χ4n) is 1.81. The number of anilines is 2. The van der Waals surface area contributed by atoms with Crippen molar-refractivity contribution in [2.45, 2.75) is 20.4 Å². The summed E-state index contributed by atoms with van der Waals surface area (Å²) in [4.78, 5) is 7.78. The van der Waals surface area contributed by atoms with E-state index in [0.717, 1.165) is 28.8 Å². The van der Waals surface area contributed by atoms with Crippen molar-refractivity contribution in [2.24, 2.45) is 0 Å². The molecule has 20 heavy (non-hydrogen) atoms. The highest BCUT2D eigenvalue weighted by Crippen LogP contribution is 2.24. The number of benzene rings is 1. The first-order valence-electron chi connectivity index (χ1n) is 6.52. The fraction of sp³-hybridized carbons (Fsp3) is 0.357. The van der Waals surface area contributed by atoms with Gasteiger partial charge in [0.1, 0.15) is 5.82 Å². The van der Waals surface area contributed by atoms with Crippen molar-refractivity contribution < 1.29 is 4.39 Å². The summed E-state index contributed by atoms with van der Waals surface area (Å²) in [6.07, 6.45) is 1.88. The van der Waals surface area contributed by atoms with E-state index in [0.29, 0.717) is 11.0 Å². The van der Waals surface area contributed by atoms with Gasteiger partial charge in [-0.05, 0) is 48.0 Å². The van der Waals surface area contributed by atoms with E-state index < -0.39 is 0 Å². The monoisotopic (exact) mass is 357 g/mol. The molecule has 1 aromatic carbocycles. The average molecular weight is 358 g/mol. The molecule has 2 aromatic rings. The number of nitrogens with zero attached hydrogens (tertiary/aromatic N) is 2. The largest absolute Gasteiger partial charge is 0.380 e. The minimum atomic E-state index is -0.261. The lowest BCUT2D eigenvalue weighted by Crippen LogP contribution is -2.21. The van der Waals surface area contributed by atoms with E-state index in [9.17, 15) is 4.39 Å². The lowest BCUT2D eigenvalue weighted by atomic mass is 10.3. The van der Waals surface area contributed by atoms with E-state index in [1.165, 1.54) is 6.07 Å². The van der Waals surface area contributed by atoms with Crippen LogP contribution in [0.2, 0.25) is 0 Å². The van der Waals surface area contributed by atoms with Crippen molar-refractivity contribution in [3.63, 3.8) is 0 Å². The second kappa shape index (κ2) is 7.04. The molecule has 0 aliphatic heterocycles. The minimum Gasteiger partial charge on any atom is -0.380 e. The van der Waals surface area contributed by atoms with E-state index >= 15 is 0 Å². The Bertz CT molecular complexity index is 569. The number of aromatic nitrogens is 1. The zero-order valence-corrected chi connectivity index (χ0v) is 13.9. The number of hydrogen-bond acceptors (Lipinski definition) is 4. The molecule has 1 aromatic heterocycles. The van der Waals surface area contributed by atoms with Gasteiger partial charge in [-0.2, -0.15) is 0 Å². The Morgan fingerprint density at radius 2 is 2.10 bits per heavy atom. The molecular weight excluding hydrogens is 341 g/mol. The molecule has 0 aliphatic rings. The van der Waals surface area contributed by atoms with E-state index in [-0.39, 0.29) is 5.82 Å². The quantitative estimate of drug-likeness (QED) is 0.824. The summed E-state index contributed by atoms with van der Waals surface area (Å²) in [7, 11) is 0. The molecule has 0 fully saturated rings. The number of thiazole rings is 1. The van der Waals surface area contributed by atoms with Crippen molar-refractivity contribution >= 4 is 38.1 Å². The Kier molecular flexibility index (Phi) is 5.37. The lowest BCUT2D eigenvalue weighted by Gasteiger charge is -2.16. The van der Waals surface area contributed by atoms with Crippen LogP contribution in [-0.4, -0.2) is 18.1 Å². The van der Waals surface area contributed by atoms with E-state index in [1.807, 2.05) is 12.3 Å². The predicted octanol–water partition coefficient (Wildman–Crippen LogP) is 4.50. The summed E-state index contributed by atoms with van der Waals surface area (Å²) in [5.41, 5.74) is 0.767. The van der Waals surface area contributed by atoms with Gasteiger partial charge in [0, 0.05) is 29.9 Å². The highest BCUT2D eigenvalue weighted by Gasteiger charge is 2.08. The van der Waals surface area contributed by atoms with Gasteiger partial charge in [-0.1, -0.05) is 0 Å². The molecule has 2 rings (SSSR count). The molecule has 0 saturated carbocycles. The van der Waals surface area contributed by atoms with E-state index in [4.69, 9.17) is 0 Å². The smallest absolute Gasteiger partial charge is 0.185 e. The van der Waals surface area contributed by atoms with Gasteiger partial charge in [0.25, 0.3) is 0 Å². The van der Waals surface area contributed by atoms with Crippen LogP contribution < -0.4 is 10.2 Å². The SMILES string of the molecule is CCN(CC)c1ncc(CNc2ccc(Br)c(F)c2)s1. The second-order valence-electron chi connectivity index (χ2n) is 4.26. The molecule has 0 spiro atoms. The summed E-state index contributed by atoms with van der Waals surface area (Å²) >= 11 is 4.81. The summed E-state index contributed by atoms with van der Waals surface area (Å²) < 4.78 is 13.9. The summed E-state index contributed by atoms with van der Waals surface area (Å²) in [5, 5.41) is 4.24. The van der Waals surface area contributed by atoms with Gasteiger partial charge >= 0.3 is 0 Å². The van der Waals surface area contributed by atoms with Crippen LogP contribution in [-0.2, 0) is 6.54 Å². The third-order valence-corrected chi connectivity index (χ3v) is 4.66. The van der Waals surface area contributed by atoms with Crippen LogP contribution >= 0.6 is 27.3 Å². The van der Waals surface area contributed by atoms with Crippen LogP contribution in [0.25, 0.3) is 0 Å². The molecule has 1 N–H and O–H groups in total. The zero-order chi connectivity index (χ0) is 14.5. The van der Waals surface area contributed by atoms with Crippen LogP contribution in [0.5, 0.6) is 0 Å². The van der Waals surface area contributed by atoms with Crippen molar-refractivity contribution in [3.8, 4) is 0 Å². The molecule has 6 heteroatoms. The zero-order valence-electron chi connectivity index (χ0n) is 11.5. The van der Waals surface area contributed by atoms with Gasteiger partial charge in [0.15, 0.2) is 5.13 Å². The first-order valence-corrected chi connectivity index (χ1v) is 8.13. The Morgan fingerprint density at radius 3 is 2.75 bits per heavy atom. The molecule has 0 amide bonds. The first kappa shape index (κ1) is 15.3. The maximum absolute atomic E-state index is 13.4. The summed E-state index contributed by atoms with van der Waals surface area (Å²) in [6.45, 7) is 6.80. The van der Waals surface area contributed by atoms with Gasteiger partial charge in [-0.25, -0.2) is 9.37 Å². The number of nitrogens with one attached hydrogen (secondary N) is 1. The molecule has 0 bridgehead atoms. The van der Waals surface area contributed by atoms with Gasteiger partial charge in [-0.15, -0.1) is 11.3 Å². The Hall–Kier alpha value is -1.14. The topological polar surface area (TPSA) is 28.2 Å². The van der Waals surface area contributed by atoms with Crippen LogP contribution in [0.4, 0.5) is 15.2 Å². The van der Waals surface area contributed by atoms with Crippen molar-refractivity contribution in [1.29, 1.82) is 0 Å². The molecule has 0 radical (unpaired) electrons. The normalized spacial score (nSPS) is 10.6. The number of rotatable bonds is 6. The molecule has 108 valence electrons. The molecule has 0 atom stereocenters. The van der Waals surface area contributed by atoms with Gasteiger partial charge < -0.3 is 10.2 Å². The first-order chi connectivity index (χ1) is 9.63. The Morgan fingerprint density at radius 1 is 1.35 bits per heavy atom. The van der Waals surface area contributed by atoms with Crippen molar-refractivity contribution in [2.75, 3.05) is 23.3 Å². The second-order valence-corrected chi connectivity index (χ2v) is 6.21. The highest BCUT2D eigenvalue weighted by atomic mass is 79.9. The van der Waals surface area contributed by atoms with E-state index in [1.54, 1.807) is 17.4 Å². The Balaban J connectivity index is 1.98. The van der Waals surface area contributed by atoms with Crippen molar-refractivity contribution in [3.05, 3.63) is 39.6 Å². The van der Waals surface area contributed by atoms with Crippen LogP contribution in [0, 0.1) is 5.82 Å². The van der Waals surface area contributed by atoms with Crippen LogP contribution in [0.1, 0.15) is 18.7 Å². The summed E-state index contributed by atoms with van der Waals surface area (Å²) in [6, 6.07) is 5.03. The molecule has 0 saturated heterocycles. The maximum atomic E-state index is 13.4. The number of hydrogen-bond donors (Lipinski definition) is 1. The molecule has 3 nitrogen and oxygen atoms in total. The van der Waals surface area contributed by atoms with Crippen LogP contribution in [0.3, 0.4) is 0 Å². The third-order valence-electron chi connectivity index (χ3n) is 2.96. The van der Waals surface area contributed by atoms with Gasteiger partial charge in [0.05, 0.1) is 11.0 Å². The van der Waals surface area contributed by atoms with E-state index in [2.05, 4.69) is 45.0 Å². The average Bonchev–Trinajstić information content (AvgIpc) is 2.90.